The number of allylic oxidation sites excluding steroid dienone is 1. The number of hydrogen-bond donors (Lipinski definition) is 3. The third kappa shape index (κ3) is 2.70. The number of aromatic hydroxyl groups is 1. The minimum Gasteiger partial charge on any atom is -0.507 e. The lowest BCUT2D eigenvalue weighted by Crippen LogP contribution is -2.45. The van der Waals surface area contributed by atoms with Gasteiger partial charge in [-0.1, -0.05) is 6.08 Å². The van der Waals surface area contributed by atoms with Crippen LogP contribution in [0.3, 0.4) is 0 Å². The molecule has 5 nitrogen and oxygen atoms in total. The van der Waals surface area contributed by atoms with Crippen molar-refractivity contribution in [2.45, 2.75) is 44.6 Å². The number of carboxylic acid groups (broad SMARTS) is 1. The van der Waals surface area contributed by atoms with Crippen molar-refractivity contribution in [3.63, 3.8) is 0 Å². The molecule has 5 heteroatoms. The Bertz CT molecular complexity index is 674. The van der Waals surface area contributed by atoms with Crippen LogP contribution in [-0.4, -0.2) is 33.5 Å². The lowest BCUT2D eigenvalue weighted by atomic mass is 9.67. The smallest absolute Gasteiger partial charge is 0.331 e. The van der Waals surface area contributed by atoms with E-state index in [1.165, 1.54) is 0 Å². The van der Waals surface area contributed by atoms with Gasteiger partial charge in [-0.25, -0.2) is 4.79 Å². The van der Waals surface area contributed by atoms with Gasteiger partial charge in [0, 0.05) is 29.6 Å². The first-order valence-corrected chi connectivity index (χ1v) is 7.93. The summed E-state index contributed by atoms with van der Waals surface area (Å²) in [5.74, 6) is -0.253. The van der Waals surface area contributed by atoms with Crippen LogP contribution in [-0.2, 0) is 11.2 Å². The van der Waals surface area contributed by atoms with Crippen LogP contribution in [0.15, 0.2) is 23.8 Å². The number of rotatable bonds is 3. The lowest BCUT2D eigenvalue weighted by Gasteiger charge is -2.46. The van der Waals surface area contributed by atoms with Gasteiger partial charge >= 0.3 is 5.97 Å². The fourth-order valence-corrected chi connectivity index (χ4v) is 3.87. The van der Waals surface area contributed by atoms with Crippen LogP contribution in [0, 0.1) is 5.92 Å². The van der Waals surface area contributed by atoms with Crippen LogP contribution >= 0.6 is 0 Å². The van der Waals surface area contributed by atoms with E-state index in [-0.39, 0.29) is 24.2 Å². The average Bonchev–Trinajstić information content (AvgIpc) is 2.45. The van der Waals surface area contributed by atoms with Gasteiger partial charge in [-0.05, 0) is 50.8 Å². The molecule has 0 aromatic heterocycles. The second-order valence-corrected chi connectivity index (χ2v) is 6.87. The van der Waals surface area contributed by atoms with E-state index in [0.29, 0.717) is 36.1 Å². The van der Waals surface area contributed by atoms with Crippen molar-refractivity contribution in [3.8, 4) is 11.5 Å². The molecular weight excluding hydrogens is 296 g/mol. The topological polar surface area (TPSA) is 87.0 Å². The average molecular weight is 318 g/mol. The quantitative estimate of drug-likeness (QED) is 0.797. The Morgan fingerprint density at radius 3 is 2.78 bits per heavy atom. The van der Waals surface area contributed by atoms with Crippen LogP contribution in [0.5, 0.6) is 11.5 Å². The highest BCUT2D eigenvalue weighted by atomic mass is 16.5. The second kappa shape index (κ2) is 5.57. The minimum atomic E-state index is -0.898. The van der Waals surface area contributed by atoms with E-state index >= 15 is 0 Å². The lowest BCUT2D eigenvalue weighted by molar-refractivity contribution is -0.133. The molecule has 23 heavy (non-hydrogen) atoms. The van der Waals surface area contributed by atoms with Crippen molar-refractivity contribution in [3.05, 3.63) is 34.9 Å². The van der Waals surface area contributed by atoms with Gasteiger partial charge in [0.2, 0.25) is 0 Å². The molecule has 0 saturated heterocycles. The predicted molar refractivity (Wildman–Crippen MR) is 84.8 cm³/mol. The van der Waals surface area contributed by atoms with Gasteiger partial charge in [-0.15, -0.1) is 0 Å². The molecule has 0 radical (unpaired) electrons. The van der Waals surface area contributed by atoms with Gasteiger partial charge in [-0.3, -0.25) is 0 Å². The van der Waals surface area contributed by atoms with Gasteiger partial charge in [0.15, 0.2) is 0 Å². The zero-order chi connectivity index (χ0) is 16.8. The summed E-state index contributed by atoms with van der Waals surface area (Å²) in [6.07, 6.45) is 3.44. The number of aliphatic hydroxyl groups excluding tert-OH is 1. The first-order chi connectivity index (χ1) is 10.8. The molecule has 1 aromatic rings. The molecule has 1 aliphatic carbocycles. The van der Waals surface area contributed by atoms with Crippen molar-refractivity contribution in [2.24, 2.45) is 5.92 Å². The number of hydrogen-bond acceptors (Lipinski definition) is 4. The molecule has 2 unspecified atom stereocenters. The van der Waals surface area contributed by atoms with Gasteiger partial charge in [0.25, 0.3) is 0 Å². The van der Waals surface area contributed by atoms with Crippen LogP contribution < -0.4 is 4.74 Å². The summed E-state index contributed by atoms with van der Waals surface area (Å²) in [4.78, 5) is 11.3. The number of carboxylic acids is 1. The SMILES string of the molecule is CC1(C)Oc2cc(CCO)cc(O)c2C2C=C(C(=O)O)CCC21. The predicted octanol–water partition coefficient (Wildman–Crippen LogP) is 2.60. The van der Waals surface area contributed by atoms with Crippen molar-refractivity contribution < 1.29 is 24.9 Å². The Labute approximate surface area is 135 Å². The Hall–Kier alpha value is -2.01. The maximum Gasteiger partial charge on any atom is 0.331 e. The van der Waals surface area contributed by atoms with E-state index in [0.717, 1.165) is 5.56 Å². The van der Waals surface area contributed by atoms with Crippen molar-refractivity contribution >= 4 is 5.97 Å². The Morgan fingerprint density at radius 1 is 1.39 bits per heavy atom. The van der Waals surface area contributed by atoms with E-state index in [1.54, 1.807) is 12.1 Å². The zero-order valence-corrected chi connectivity index (χ0v) is 13.4. The molecule has 3 N–H and O–H groups in total. The van der Waals surface area contributed by atoms with E-state index in [2.05, 4.69) is 0 Å². The fraction of sp³-hybridized carbons (Fsp3) is 0.500. The summed E-state index contributed by atoms with van der Waals surface area (Å²) < 4.78 is 6.13. The summed E-state index contributed by atoms with van der Waals surface area (Å²) in [6, 6.07) is 3.48. The molecule has 2 atom stereocenters. The monoisotopic (exact) mass is 318 g/mol. The van der Waals surface area contributed by atoms with Gasteiger partial charge in [-0.2, -0.15) is 0 Å². The number of benzene rings is 1. The van der Waals surface area contributed by atoms with E-state index in [4.69, 9.17) is 9.84 Å². The Kier molecular flexibility index (Phi) is 3.84. The molecule has 0 amide bonds. The number of aliphatic carboxylic acids is 1. The molecule has 0 spiro atoms. The summed E-state index contributed by atoms with van der Waals surface area (Å²) in [6.45, 7) is 4.00. The van der Waals surface area contributed by atoms with Crippen LogP contribution in [0.4, 0.5) is 0 Å². The molecule has 1 aromatic carbocycles. The first kappa shape index (κ1) is 15.9. The van der Waals surface area contributed by atoms with Crippen molar-refractivity contribution in [1.29, 1.82) is 0 Å². The Morgan fingerprint density at radius 2 is 2.13 bits per heavy atom. The van der Waals surface area contributed by atoms with Gasteiger partial charge in [0.1, 0.15) is 17.1 Å². The highest BCUT2D eigenvalue weighted by Crippen LogP contribution is 2.53. The van der Waals surface area contributed by atoms with E-state index in [1.807, 2.05) is 19.9 Å². The molecule has 0 saturated carbocycles. The molecule has 1 aliphatic heterocycles. The second-order valence-electron chi connectivity index (χ2n) is 6.87. The Balaban J connectivity index is 2.13. The molecular formula is C18H22O5. The number of phenols is 1. The largest absolute Gasteiger partial charge is 0.507 e. The number of fused-ring (bicyclic) bond motifs is 3. The van der Waals surface area contributed by atoms with E-state index in [9.17, 15) is 15.0 Å². The van der Waals surface area contributed by atoms with Crippen LogP contribution in [0.2, 0.25) is 0 Å². The summed E-state index contributed by atoms with van der Waals surface area (Å²) in [5, 5.41) is 28.9. The van der Waals surface area contributed by atoms with Crippen LogP contribution in [0.25, 0.3) is 0 Å². The molecule has 0 fully saturated rings. The molecule has 3 rings (SSSR count). The number of ether oxygens (including phenoxy) is 1. The summed E-state index contributed by atoms with van der Waals surface area (Å²) >= 11 is 0. The van der Waals surface area contributed by atoms with Crippen LogP contribution in [0.1, 0.15) is 43.7 Å². The third-order valence-corrected chi connectivity index (χ3v) is 4.99. The first-order valence-electron chi connectivity index (χ1n) is 7.93. The highest BCUT2D eigenvalue weighted by Gasteiger charge is 2.46. The van der Waals surface area contributed by atoms with Gasteiger partial charge in [0.05, 0.1) is 0 Å². The van der Waals surface area contributed by atoms with Crippen molar-refractivity contribution in [2.75, 3.05) is 6.61 Å². The zero-order valence-electron chi connectivity index (χ0n) is 13.4. The summed E-state index contributed by atoms with van der Waals surface area (Å²) in [7, 11) is 0. The standard InChI is InChI=1S/C18H22O5/c1-18(2)13-4-3-11(17(21)22)9-12(13)16-14(20)7-10(5-6-19)8-15(16)23-18/h7-9,12-13,19-20H,3-6H2,1-2H3,(H,21,22). The maximum atomic E-state index is 11.3. The highest BCUT2D eigenvalue weighted by molar-refractivity contribution is 5.87. The fourth-order valence-electron chi connectivity index (χ4n) is 3.87. The molecule has 2 aliphatic rings. The number of carbonyl (C=O) groups is 1. The minimum absolute atomic E-state index is 0.00324. The third-order valence-electron chi connectivity index (χ3n) is 4.99. The van der Waals surface area contributed by atoms with E-state index < -0.39 is 11.6 Å². The normalized spacial score (nSPS) is 24.9. The van der Waals surface area contributed by atoms with Crippen molar-refractivity contribution in [1.82, 2.24) is 0 Å². The number of aliphatic hydroxyl groups is 1. The maximum absolute atomic E-state index is 11.3. The summed E-state index contributed by atoms with van der Waals surface area (Å²) in [5.41, 5.74) is 1.42. The van der Waals surface area contributed by atoms with Gasteiger partial charge < -0.3 is 20.1 Å². The molecule has 124 valence electrons. The molecule has 1 heterocycles. The number of phenolic OH excluding ortho intramolecular Hbond substituents is 1. The molecule has 0 bridgehead atoms.